The minimum Gasteiger partial charge on any atom is -0.497 e. The second kappa shape index (κ2) is 7.09. The van der Waals surface area contributed by atoms with E-state index < -0.39 is 5.60 Å². The number of carbonyl (C=O) groups is 1. The molecule has 0 heterocycles. The number of methoxy groups -OCH3 is 1. The van der Waals surface area contributed by atoms with Crippen molar-refractivity contribution in [3.8, 4) is 5.75 Å². The van der Waals surface area contributed by atoms with E-state index in [9.17, 15) is 9.90 Å². The Morgan fingerprint density at radius 2 is 1.91 bits per heavy atom. The first-order chi connectivity index (χ1) is 10.5. The summed E-state index contributed by atoms with van der Waals surface area (Å²) in [6, 6.07) is 16.7. The molecule has 2 aromatic rings. The molecule has 0 bridgehead atoms. The molecule has 4 heteroatoms. The van der Waals surface area contributed by atoms with Crippen LogP contribution in [0.25, 0.3) is 0 Å². The number of amides is 1. The zero-order valence-electron chi connectivity index (χ0n) is 12.9. The molecule has 116 valence electrons. The van der Waals surface area contributed by atoms with Gasteiger partial charge < -0.3 is 15.2 Å². The van der Waals surface area contributed by atoms with Gasteiger partial charge in [0.2, 0.25) is 5.91 Å². The fourth-order valence-electron chi connectivity index (χ4n) is 2.20. The number of ether oxygens (including phenoxy) is 1. The van der Waals surface area contributed by atoms with E-state index in [1.165, 1.54) is 0 Å². The summed E-state index contributed by atoms with van der Waals surface area (Å²) in [7, 11) is 1.59. The van der Waals surface area contributed by atoms with Gasteiger partial charge in [0.1, 0.15) is 11.4 Å². The van der Waals surface area contributed by atoms with Crippen molar-refractivity contribution < 1.29 is 14.6 Å². The van der Waals surface area contributed by atoms with E-state index in [0.717, 1.165) is 16.9 Å². The van der Waals surface area contributed by atoms with Gasteiger partial charge in [-0.15, -0.1) is 0 Å². The first kappa shape index (κ1) is 16.0. The maximum Gasteiger partial charge on any atom is 0.224 e. The molecule has 1 unspecified atom stereocenters. The van der Waals surface area contributed by atoms with Crippen molar-refractivity contribution in [1.82, 2.24) is 5.32 Å². The Bertz CT molecular complexity index is 623. The molecule has 0 saturated heterocycles. The number of benzene rings is 2. The highest BCUT2D eigenvalue weighted by Crippen LogP contribution is 2.19. The lowest BCUT2D eigenvalue weighted by atomic mass is 9.96. The van der Waals surface area contributed by atoms with Crippen LogP contribution < -0.4 is 10.1 Å². The van der Waals surface area contributed by atoms with Gasteiger partial charge in [-0.3, -0.25) is 4.79 Å². The quantitative estimate of drug-likeness (QED) is 0.860. The van der Waals surface area contributed by atoms with E-state index in [-0.39, 0.29) is 18.9 Å². The first-order valence-corrected chi connectivity index (χ1v) is 7.19. The Morgan fingerprint density at radius 1 is 1.18 bits per heavy atom. The lowest BCUT2D eigenvalue weighted by Gasteiger charge is -2.24. The average molecular weight is 299 g/mol. The number of rotatable bonds is 6. The molecule has 0 aliphatic heterocycles. The van der Waals surface area contributed by atoms with E-state index in [2.05, 4.69) is 5.32 Å². The molecule has 0 spiro atoms. The van der Waals surface area contributed by atoms with E-state index in [0.29, 0.717) is 0 Å². The summed E-state index contributed by atoms with van der Waals surface area (Å²) in [5.74, 6) is 0.589. The summed E-state index contributed by atoms with van der Waals surface area (Å²) < 4.78 is 5.14. The molecule has 2 rings (SSSR count). The van der Waals surface area contributed by atoms with E-state index >= 15 is 0 Å². The lowest BCUT2D eigenvalue weighted by Crippen LogP contribution is -2.39. The van der Waals surface area contributed by atoms with Crippen LogP contribution in [0.3, 0.4) is 0 Å². The SMILES string of the molecule is COc1cccc(CC(=O)NCC(C)(O)c2ccccc2)c1. The van der Waals surface area contributed by atoms with Crippen molar-refractivity contribution in [1.29, 1.82) is 0 Å². The normalized spacial score (nSPS) is 13.2. The third-order valence-electron chi connectivity index (χ3n) is 3.52. The maximum absolute atomic E-state index is 12.0. The highest BCUT2D eigenvalue weighted by Gasteiger charge is 2.23. The van der Waals surface area contributed by atoms with Gasteiger partial charge in [0.15, 0.2) is 0 Å². The molecule has 1 atom stereocenters. The van der Waals surface area contributed by atoms with Gasteiger partial charge in [0, 0.05) is 0 Å². The number of aliphatic hydroxyl groups is 1. The summed E-state index contributed by atoms with van der Waals surface area (Å²) in [6.45, 7) is 1.86. The molecular formula is C18H21NO3. The second-order valence-electron chi connectivity index (χ2n) is 5.44. The van der Waals surface area contributed by atoms with Crippen LogP contribution in [0.1, 0.15) is 18.1 Å². The van der Waals surface area contributed by atoms with Crippen LogP contribution in [0.4, 0.5) is 0 Å². The average Bonchev–Trinajstić information content (AvgIpc) is 2.54. The van der Waals surface area contributed by atoms with Crippen LogP contribution in [0.5, 0.6) is 5.75 Å². The number of nitrogens with one attached hydrogen (secondary N) is 1. The van der Waals surface area contributed by atoms with Crippen LogP contribution in [-0.2, 0) is 16.8 Å². The Kier molecular flexibility index (Phi) is 5.17. The molecule has 0 aliphatic rings. The highest BCUT2D eigenvalue weighted by atomic mass is 16.5. The Morgan fingerprint density at radius 3 is 2.59 bits per heavy atom. The van der Waals surface area contributed by atoms with Gasteiger partial charge >= 0.3 is 0 Å². The number of hydrogen-bond donors (Lipinski definition) is 2. The Hall–Kier alpha value is -2.33. The van der Waals surface area contributed by atoms with E-state index in [1.54, 1.807) is 14.0 Å². The Labute approximate surface area is 130 Å². The molecule has 0 fully saturated rings. The molecule has 22 heavy (non-hydrogen) atoms. The third kappa shape index (κ3) is 4.33. The van der Waals surface area contributed by atoms with Crippen molar-refractivity contribution in [2.75, 3.05) is 13.7 Å². The highest BCUT2D eigenvalue weighted by molar-refractivity contribution is 5.78. The smallest absolute Gasteiger partial charge is 0.224 e. The summed E-state index contributed by atoms with van der Waals surface area (Å²) in [5, 5.41) is 13.2. The summed E-state index contributed by atoms with van der Waals surface area (Å²) >= 11 is 0. The molecule has 0 aliphatic carbocycles. The van der Waals surface area contributed by atoms with Crippen LogP contribution in [0.2, 0.25) is 0 Å². The maximum atomic E-state index is 12.0. The number of hydrogen-bond acceptors (Lipinski definition) is 3. The lowest BCUT2D eigenvalue weighted by molar-refractivity contribution is -0.121. The van der Waals surface area contributed by atoms with Crippen molar-refractivity contribution in [3.05, 3.63) is 65.7 Å². The van der Waals surface area contributed by atoms with Crippen molar-refractivity contribution in [2.45, 2.75) is 18.9 Å². The number of carbonyl (C=O) groups excluding carboxylic acids is 1. The standard InChI is InChI=1S/C18H21NO3/c1-18(21,15-8-4-3-5-9-15)13-19-17(20)12-14-7-6-10-16(11-14)22-2/h3-11,21H,12-13H2,1-2H3,(H,19,20). The molecule has 2 aromatic carbocycles. The van der Waals surface area contributed by atoms with Crippen molar-refractivity contribution in [2.24, 2.45) is 0 Å². The molecule has 4 nitrogen and oxygen atoms in total. The monoisotopic (exact) mass is 299 g/mol. The van der Waals surface area contributed by atoms with Gasteiger partial charge in [-0.2, -0.15) is 0 Å². The minimum absolute atomic E-state index is 0.135. The van der Waals surface area contributed by atoms with Crippen molar-refractivity contribution >= 4 is 5.91 Å². The zero-order chi connectivity index (χ0) is 16.0. The van der Waals surface area contributed by atoms with Crippen LogP contribution in [0.15, 0.2) is 54.6 Å². The van der Waals surface area contributed by atoms with Gasteiger partial charge in [-0.25, -0.2) is 0 Å². The van der Waals surface area contributed by atoms with Gasteiger partial charge in [0.05, 0.1) is 20.1 Å². The summed E-state index contributed by atoms with van der Waals surface area (Å²) in [5.41, 5.74) is 0.554. The third-order valence-corrected chi connectivity index (χ3v) is 3.52. The molecular weight excluding hydrogens is 278 g/mol. The Balaban J connectivity index is 1.92. The molecule has 0 aromatic heterocycles. The fourth-order valence-corrected chi connectivity index (χ4v) is 2.20. The van der Waals surface area contributed by atoms with Crippen LogP contribution >= 0.6 is 0 Å². The molecule has 2 N–H and O–H groups in total. The largest absolute Gasteiger partial charge is 0.497 e. The second-order valence-corrected chi connectivity index (χ2v) is 5.44. The summed E-state index contributed by atoms with van der Waals surface area (Å²) in [4.78, 5) is 12.0. The summed E-state index contributed by atoms with van der Waals surface area (Å²) in [6.07, 6.45) is 0.252. The molecule has 1 amide bonds. The molecule has 0 saturated carbocycles. The van der Waals surface area contributed by atoms with Crippen molar-refractivity contribution in [3.63, 3.8) is 0 Å². The molecule has 0 radical (unpaired) electrons. The minimum atomic E-state index is -1.09. The predicted octanol–water partition coefficient (Wildman–Crippen LogP) is 2.26. The van der Waals surface area contributed by atoms with E-state index in [4.69, 9.17) is 4.74 Å². The van der Waals surface area contributed by atoms with Gasteiger partial charge in [0.25, 0.3) is 0 Å². The van der Waals surface area contributed by atoms with Crippen LogP contribution in [-0.4, -0.2) is 24.7 Å². The fraction of sp³-hybridized carbons (Fsp3) is 0.278. The zero-order valence-corrected chi connectivity index (χ0v) is 12.9. The van der Waals surface area contributed by atoms with E-state index in [1.807, 2.05) is 54.6 Å². The van der Waals surface area contributed by atoms with Crippen LogP contribution in [0, 0.1) is 0 Å². The van der Waals surface area contributed by atoms with Gasteiger partial charge in [-0.05, 0) is 30.2 Å². The topological polar surface area (TPSA) is 58.6 Å². The van der Waals surface area contributed by atoms with Gasteiger partial charge in [-0.1, -0.05) is 42.5 Å². The predicted molar refractivity (Wildman–Crippen MR) is 85.7 cm³/mol. The first-order valence-electron chi connectivity index (χ1n) is 7.19.